The minimum Gasteiger partial charge on any atom is -0.325 e. The normalized spacial score (nSPS) is 12.3. The van der Waals surface area contributed by atoms with Crippen molar-refractivity contribution >= 4 is 10.9 Å². The Morgan fingerprint density at radius 3 is 2.73 bits per heavy atom. The molecule has 1 aromatic carbocycles. The lowest BCUT2D eigenvalue weighted by Crippen LogP contribution is -2.26. The maximum absolute atomic E-state index is 13.4. The van der Waals surface area contributed by atoms with Crippen molar-refractivity contribution in [3.8, 4) is 0 Å². The summed E-state index contributed by atoms with van der Waals surface area (Å²) in [5.41, 5.74) is 5.47. The number of fused-ring (bicyclic) bond motifs is 1. The summed E-state index contributed by atoms with van der Waals surface area (Å²) in [4.78, 5) is 0. The van der Waals surface area contributed by atoms with Crippen LogP contribution in [0.15, 0.2) is 24.3 Å². The Bertz CT molecular complexity index is 490. The highest BCUT2D eigenvalue weighted by Gasteiger charge is 2.34. The molecule has 1 heterocycles. The molecule has 0 atom stereocenters. The first kappa shape index (κ1) is 10.0. The van der Waals surface area contributed by atoms with Crippen molar-refractivity contribution in [1.29, 1.82) is 0 Å². The molecule has 80 valence electrons. The molecule has 2 aromatic rings. The van der Waals surface area contributed by atoms with Crippen LogP contribution in [0.2, 0.25) is 0 Å². The smallest absolute Gasteiger partial charge is 0.304 e. The van der Waals surface area contributed by atoms with Gasteiger partial charge in [0, 0.05) is 12.4 Å². The van der Waals surface area contributed by atoms with Crippen molar-refractivity contribution in [2.45, 2.75) is 5.92 Å². The van der Waals surface area contributed by atoms with Gasteiger partial charge in [0.1, 0.15) is 5.69 Å². The van der Waals surface area contributed by atoms with Gasteiger partial charge in [0.05, 0.1) is 12.1 Å². The predicted octanol–water partition coefficient (Wildman–Crippen LogP) is 1.62. The van der Waals surface area contributed by atoms with Crippen LogP contribution in [0.25, 0.3) is 10.9 Å². The summed E-state index contributed by atoms with van der Waals surface area (Å²) in [6, 6.07) is 6.87. The largest absolute Gasteiger partial charge is 0.325 e. The van der Waals surface area contributed by atoms with Gasteiger partial charge in [-0.2, -0.15) is 13.9 Å². The molecule has 0 unspecified atom stereocenters. The Labute approximate surface area is 85.5 Å². The Morgan fingerprint density at radius 1 is 1.40 bits per heavy atom. The van der Waals surface area contributed by atoms with Crippen LogP contribution in [-0.2, 0) is 13.0 Å². The number of halogens is 2. The number of nitrogens with zero attached hydrogens (tertiary/aromatic N) is 2. The Morgan fingerprint density at radius 2 is 2.07 bits per heavy atom. The fourth-order valence-corrected chi connectivity index (χ4v) is 1.58. The van der Waals surface area contributed by atoms with Crippen LogP contribution >= 0.6 is 0 Å². The fourth-order valence-electron chi connectivity index (χ4n) is 1.58. The van der Waals surface area contributed by atoms with Crippen molar-refractivity contribution in [3.05, 3.63) is 30.0 Å². The molecule has 5 heteroatoms. The maximum Gasteiger partial charge on any atom is 0.304 e. The minimum atomic E-state index is -3.07. The topological polar surface area (TPSA) is 43.8 Å². The zero-order valence-electron chi connectivity index (χ0n) is 8.24. The van der Waals surface area contributed by atoms with E-state index >= 15 is 0 Å². The van der Waals surface area contributed by atoms with Crippen molar-refractivity contribution in [2.75, 3.05) is 6.54 Å². The second kappa shape index (κ2) is 3.27. The van der Waals surface area contributed by atoms with Crippen LogP contribution in [0.4, 0.5) is 8.78 Å². The maximum atomic E-state index is 13.4. The monoisotopic (exact) mass is 211 g/mol. The number of hydrogen-bond acceptors (Lipinski definition) is 2. The summed E-state index contributed by atoms with van der Waals surface area (Å²) >= 11 is 0. The molecule has 0 aliphatic heterocycles. The third-order valence-corrected chi connectivity index (χ3v) is 2.36. The average Bonchev–Trinajstić information content (AvgIpc) is 2.58. The van der Waals surface area contributed by atoms with Crippen molar-refractivity contribution in [2.24, 2.45) is 12.8 Å². The van der Waals surface area contributed by atoms with E-state index in [1.165, 1.54) is 4.68 Å². The number of hydrogen-bond donors (Lipinski definition) is 1. The van der Waals surface area contributed by atoms with E-state index in [1.54, 1.807) is 31.3 Å². The molecule has 2 rings (SSSR count). The summed E-state index contributed by atoms with van der Waals surface area (Å²) in [5, 5.41) is 4.27. The first-order chi connectivity index (χ1) is 7.06. The summed E-state index contributed by atoms with van der Waals surface area (Å²) < 4.78 is 28.3. The Balaban J connectivity index is 2.72. The molecule has 0 amide bonds. The minimum absolute atomic E-state index is 0.247. The molecule has 0 aliphatic carbocycles. The SMILES string of the molecule is Cn1nc(C(F)(F)CN)c2ccccc21. The predicted molar refractivity (Wildman–Crippen MR) is 53.7 cm³/mol. The molecule has 15 heavy (non-hydrogen) atoms. The lowest BCUT2D eigenvalue weighted by atomic mass is 10.1. The highest BCUT2D eigenvalue weighted by Crippen LogP contribution is 2.31. The molecule has 0 fully saturated rings. The summed E-state index contributed by atoms with van der Waals surface area (Å²) in [6.07, 6.45) is 0. The van der Waals surface area contributed by atoms with Gasteiger partial charge in [-0.25, -0.2) is 0 Å². The van der Waals surface area contributed by atoms with E-state index in [2.05, 4.69) is 5.10 Å². The second-order valence-corrected chi connectivity index (χ2v) is 3.40. The highest BCUT2D eigenvalue weighted by atomic mass is 19.3. The van der Waals surface area contributed by atoms with Gasteiger partial charge >= 0.3 is 5.92 Å². The third-order valence-electron chi connectivity index (χ3n) is 2.36. The molecule has 3 nitrogen and oxygen atoms in total. The lowest BCUT2D eigenvalue weighted by Gasteiger charge is -2.10. The van der Waals surface area contributed by atoms with Crippen molar-refractivity contribution in [3.63, 3.8) is 0 Å². The Hall–Kier alpha value is -1.49. The number of aryl methyl sites for hydroxylation is 1. The van der Waals surface area contributed by atoms with Gasteiger partial charge < -0.3 is 5.73 Å². The molecule has 0 spiro atoms. The molecule has 0 bridgehead atoms. The fraction of sp³-hybridized carbons (Fsp3) is 0.300. The average molecular weight is 211 g/mol. The molecule has 0 saturated heterocycles. The van der Waals surface area contributed by atoms with Crippen molar-refractivity contribution in [1.82, 2.24) is 9.78 Å². The molecule has 0 saturated carbocycles. The number of alkyl halides is 2. The van der Waals surface area contributed by atoms with E-state index in [0.717, 1.165) is 0 Å². The molecule has 0 radical (unpaired) electrons. The number of aromatic nitrogens is 2. The molecular formula is C10H11F2N3. The zero-order valence-corrected chi connectivity index (χ0v) is 8.24. The number of rotatable bonds is 2. The first-order valence-electron chi connectivity index (χ1n) is 4.56. The molecule has 2 N–H and O–H groups in total. The van der Waals surface area contributed by atoms with Gasteiger partial charge in [0.15, 0.2) is 0 Å². The van der Waals surface area contributed by atoms with Gasteiger partial charge in [0.25, 0.3) is 0 Å². The molecule has 1 aromatic heterocycles. The summed E-state index contributed by atoms with van der Waals surface area (Å²) in [5.74, 6) is -3.07. The molecule has 0 aliphatic rings. The van der Waals surface area contributed by atoms with Gasteiger partial charge in [0.2, 0.25) is 0 Å². The van der Waals surface area contributed by atoms with E-state index in [0.29, 0.717) is 10.9 Å². The quantitative estimate of drug-likeness (QED) is 0.820. The number of para-hydroxylation sites is 1. The number of nitrogens with two attached hydrogens (primary N) is 1. The van der Waals surface area contributed by atoms with Crippen LogP contribution in [0.1, 0.15) is 5.69 Å². The van der Waals surface area contributed by atoms with Gasteiger partial charge in [-0.15, -0.1) is 0 Å². The van der Waals surface area contributed by atoms with E-state index < -0.39 is 12.5 Å². The lowest BCUT2D eigenvalue weighted by molar-refractivity contribution is 0.00233. The van der Waals surface area contributed by atoms with E-state index in [4.69, 9.17) is 5.73 Å². The highest BCUT2D eigenvalue weighted by molar-refractivity contribution is 5.82. The van der Waals surface area contributed by atoms with Gasteiger partial charge in [-0.1, -0.05) is 18.2 Å². The molecular weight excluding hydrogens is 200 g/mol. The van der Waals surface area contributed by atoms with Crippen LogP contribution < -0.4 is 5.73 Å². The third kappa shape index (κ3) is 1.48. The summed E-state index contributed by atoms with van der Waals surface area (Å²) in [6.45, 7) is -0.728. The first-order valence-corrected chi connectivity index (χ1v) is 4.56. The van der Waals surface area contributed by atoms with Crippen LogP contribution in [0.5, 0.6) is 0 Å². The van der Waals surface area contributed by atoms with Crippen LogP contribution in [-0.4, -0.2) is 16.3 Å². The van der Waals surface area contributed by atoms with Gasteiger partial charge in [-0.05, 0) is 6.07 Å². The van der Waals surface area contributed by atoms with E-state index in [-0.39, 0.29) is 5.69 Å². The van der Waals surface area contributed by atoms with Crippen molar-refractivity contribution < 1.29 is 8.78 Å². The van der Waals surface area contributed by atoms with Crippen LogP contribution in [0, 0.1) is 0 Å². The van der Waals surface area contributed by atoms with Crippen LogP contribution in [0.3, 0.4) is 0 Å². The zero-order chi connectivity index (χ0) is 11.1. The Kier molecular flexibility index (Phi) is 2.19. The standard InChI is InChI=1S/C10H11F2N3/c1-15-8-5-3-2-4-7(8)9(14-15)10(11,12)6-13/h2-5H,6,13H2,1H3. The van der Waals surface area contributed by atoms with E-state index in [1.807, 2.05) is 0 Å². The van der Waals surface area contributed by atoms with Gasteiger partial charge in [-0.3, -0.25) is 4.68 Å². The summed E-state index contributed by atoms with van der Waals surface area (Å²) in [7, 11) is 1.64. The second-order valence-electron chi connectivity index (χ2n) is 3.40. The number of benzene rings is 1. The van der Waals surface area contributed by atoms with E-state index in [9.17, 15) is 8.78 Å².